The molecule has 0 spiro atoms. The summed E-state index contributed by atoms with van der Waals surface area (Å²) in [4.78, 5) is 41.0. The first kappa shape index (κ1) is 29.6. The van der Waals surface area contributed by atoms with Crippen LogP contribution < -0.4 is 23.8 Å². The zero-order valence-electron chi connectivity index (χ0n) is 23.9. The lowest BCUT2D eigenvalue weighted by atomic mass is 9.99. The van der Waals surface area contributed by atoms with Crippen molar-refractivity contribution in [2.45, 2.75) is 26.0 Å². The van der Waals surface area contributed by atoms with Crippen molar-refractivity contribution in [1.82, 2.24) is 4.72 Å². The molecule has 0 saturated heterocycles. The molecule has 1 N–H and O–H groups in total. The van der Waals surface area contributed by atoms with Gasteiger partial charge in [-0.15, -0.1) is 0 Å². The fraction of sp³-hybridized carbons (Fsp3) is 0.219. The molecule has 1 heterocycles. The first-order valence-corrected chi connectivity index (χ1v) is 15.3. The number of carbonyl (C=O) groups is 3. The van der Waals surface area contributed by atoms with Gasteiger partial charge in [-0.2, -0.15) is 0 Å². The summed E-state index contributed by atoms with van der Waals surface area (Å²) in [6, 6.07) is 20.0. The number of hydrogen-bond acceptors (Lipinski definition) is 8. The maximum absolute atomic E-state index is 13.7. The van der Waals surface area contributed by atoms with Crippen molar-refractivity contribution in [2.24, 2.45) is 0 Å². The number of nitrogens with one attached hydrogen (secondary N) is 1. The second kappa shape index (κ2) is 12.1. The van der Waals surface area contributed by atoms with Crippen LogP contribution in [0.2, 0.25) is 0 Å². The minimum Gasteiger partial charge on any atom is -0.497 e. The zero-order chi connectivity index (χ0) is 30.7. The highest BCUT2D eigenvalue weighted by Crippen LogP contribution is 2.46. The smallest absolute Gasteiger partial charge is 0.270 e. The Bertz CT molecular complexity index is 1770. The lowest BCUT2D eigenvalue weighted by molar-refractivity contribution is -0.118. The molecule has 0 radical (unpaired) electrons. The van der Waals surface area contributed by atoms with E-state index in [1.807, 2.05) is 24.3 Å². The minimum atomic E-state index is -4.02. The van der Waals surface area contributed by atoms with Gasteiger partial charge in [0.1, 0.15) is 17.2 Å². The molecule has 43 heavy (non-hydrogen) atoms. The van der Waals surface area contributed by atoms with E-state index in [0.29, 0.717) is 39.1 Å². The van der Waals surface area contributed by atoms with Crippen LogP contribution in [-0.4, -0.2) is 46.5 Å². The van der Waals surface area contributed by atoms with Crippen LogP contribution in [0, 0.1) is 0 Å². The van der Waals surface area contributed by atoms with E-state index in [2.05, 4.69) is 4.72 Å². The highest BCUT2D eigenvalue weighted by molar-refractivity contribution is 7.89. The summed E-state index contributed by atoms with van der Waals surface area (Å²) in [5.74, 6) is -1.12. The number of amides is 3. The van der Waals surface area contributed by atoms with Gasteiger partial charge in [-0.3, -0.25) is 19.1 Å². The van der Waals surface area contributed by atoms with Gasteiger partial charge in [-0.05, 0) is 49.2 Å². The number of imide groups is 1. The molecule has 222 valence electrons. The number of methoxy groups -OCH3 is 1. The van der Waals surface area contributed by atoms with E-state index >= 15 is 0 Å². The number of fused-ring (bicyclic) bond motifs is 2. The van der Waals surface area contributed by atoms with E-state index in [4.69, 9.17) is 14.2 Å². The molecular weight excluding hydrogens is 572 g/mol. The van der Waals surface area contributed by atoms with Crippen molar-refractivity contribution in [3.63, 3.8) is 0 Å². The van der Waals surface area contributed by atoms with Gasteiger partial charge in [-0.25, -0.2) is 13.3 Å². The molecule has 1 aliphatic rings. The SMILES string of the molecule is CCOc1c2c(c(OCC)c3ccccc13)C(=O)N(c1ccc(CS(=O)(=O)NC(=O)Cc3cccc(OC)c3)cc1)C2=O. The van der Waals surface area contributed by atoms with Crippen molar-refractivity contribution < 1.29 is 37.0 Å². The lowest BCUT2D eigenvalue weighted by Gasteiger charge is -2.15. The van der Waals surface area contributed by atoms with Crippen LogP contribution in [0.15, 0.2) is 72.8 Å². The van der Waals surface area contributed by atoms with E-state index in [0.717, 1.165) is 4.90 Å². The molecule has 0 aliphatic carbocycles. The van der Waals surface area contributed by atoms with Crippen molar-refractivity contribution >= 4 is 44.2 Å². The van der Waals surface area contributed by atoms with Crippen LogP contribution in [0.4, 0.5) is 5.69 Å². The van der Waals surface area contributed by atoms with Gasteiger partial charge in [-0.1, -0.05) is 48.5 Å². The van der Waals surface area contributed by atoms with Gasteiger partial charge in [0.25, 0.3) is 11.8 Å². The Morgan fingerprint density at radius 1 is 0.791 bits per heavy atom. The number of nitrogens with zero attached hydrogens (tertiary/aromatic N) is 1. The predicted octanol–water partition coefficient (Wildman–Crippen LogP) is 4.64. The van der Waals surface area contributed by atoms with Crippen molar-refractivity contribution in [3.05, 3.63) is 95.1 Å². The molecule has 4 aromatic rings. The van der Waals surface area contributed by atoms with E-state index in [-0.39, 0.29) is 36.4 Å². The monoisotopic (exact) mass is 602 g/mol. The zero-order valence-corrected chi connectivity index (χ0v) is 24.7. The Hall–Kier alpha value is -4.90. The number of carbonyl (C=O) groups excluding carboxylic acids is 3. The van der Waals surface area contributed by atoms with Crippen LogP contribution in [-0.2, 0) is 27.0 Å². The van der Waals surface area contributed by atoms with Gasteiger partial charge in [0, 0.05) is 10.8 Å². The predicted molar refractivity (Wildman–Crippen MR) is 161 cm³/mol. The molecule has 1 aliphatic heterocycles. The number of ether oxygens (including phenoxy) is 3. The average molecular weight is 603 g/mol. The third kappa shape index (κ3) is 5.89. The summed E-state index contributed by atoms with van der Waals surface area (Å²) in [5, 5.41) is 1.31. The summed E-state index contributed by atoms with van der Waals surface area (Å²) >= 11 is 0. The Balaban J connectivity index is 1.38. The van der Waals surface area contributed by atoms with Crippen molar-refractivity contribution in [3.8, 4) is 17.2 Å². The van der Waals surface area contributed by atoms with Gasteiger partial charge < -0.3 is 14.2 Å². The average Bonchev–Trinajstić information content (AvgIpc) is 3.24. The van der Waals surface area contributed by atoms with E-state index < -0.39 is 33.5 Å². The molecule has 11 heteroatoms. The quantitative estimate of drug-likeness (QED) is 0.246. The molecule has 3 amide bonds. The number of rotatable bonds is 11. The fourth-order valence-electron chi connectivity index (χ4n) is 5.10. The number of benzene rings is 4. The summed E-state index contributed by atoms with van der Waals surface area (Å²) in [6.45, 7) is 4.16. The first-order valence-electron chi connectivity index (χ1n) is 13.7. The molecule has 0 saturated carbocycles. The molecule has 10 nitrogen and oxygen atoms in total. The van der Waals surface area contributed by atoms with Crippen LogP contribution >= 0.6 is 0 Å². The minimum absolute atomic E-state index is 0.124. The molecule has 0 bridgehead atoms. The van der Waals surface area contributed by atoms with Crippen molar-refractivity contribution in [1.29, 1.82) is 0 Å². The highest BCUT2D eigenvalue weighted by Gasteiger charge is 2.43. The normalized spacial score (nSPS) is 12.8. The molecule has 0 aromatic heterocycles. The molecule has 5 rings (SSSR count). The standard InChI is InChI=1S/C32H30N2O8S/c1-4-41-29-24-11-6-7-12-25(24)30(42-5-2)28-27(29)31(36)34(32(28)37)22-15-13-20(14-16-22)19-43(38,39)33-26(35)18-21-9-8-10-23(17-21)40-3/h6-17H,4-5,18-19H2,1-3H3,(H,33,35). The summed E-state index contributed by atoms with van der Waals surface area (Å²) < 4.78 is 44.5. The van der Waals surface area contributed by atoms with Gasteiger partial charge in [0.15, 0.2) is 0 Å². The van der Waals surface area contributed by atoms with E-state index in [1.165, 1.54) is 31.4 Å². The van der Waals surface area contributed by atoms with E-state index in [1.54, 1.807) is 38.1 Å². The lowest BCUT2D eigenvalue weighted by Crippen LogP contribution is -2.32. The molecule has 0 fully saturated rings. The topological polar surface area (TPSA) is 128 Å². The maximum Gasteiger partial charge on any atom is 0.270 e. The number of anilines is 1. The van der Waals surface area contributed by atoms with Crippen LogP contribution in [0.1, 0.15) is 45.7 Å². The Morgan fingerprint density at radius 3 is 1.91 bits per heavy atom. The Labute approximate surface area is 249 Å². The Morgan fingerprint density at radius 2 is 1.37 bits per heavy atom. The summed E-state index contributed by atoms with van der Waals surface area (Å²) in [7, 11) is -2.52. The van der Waals surface area contributed by atoms with Gasteiger partial charge in [0.2, 0.25) is 15.9 Å². The maximum atomic E-state index is 13.7. The molecule has 4 aromatic carbocycles. The highest BCUT2D eigenvalue weighted by atomic mass is 32.2. The van der Waals surface area contributed by atoms with Gasteiger partial charge in [0.05, 0.1) is 49.3 Å². The third-order valence-corrected chi connectivity index (χ3v) is 8.10. The summed E-state index contributed by atoms with van der Waals surface area (Å²) in [6.07, 6.45) is -0.141. The second-order valence-corrected chi connectivity index (χ2v) is 11.5. The molecule has 0 atom stereocenters. The van der Waals surface area contributed by atoms with E-state index in [9.17, 15) is 22.8 Å². The van der Waals surface area contributed by atoms with Crippen LogP contribution in [0.25, 0.3) is 10.8 Å². The first-order chi connectivity index (χ1) is 20.7. The second-order valence-electron chi connectivity index (χ2n) is 9.74. The van der Waals surface area contributed by atoms with Crippen LogP contribution in [0.5, 0.6) is 17.2 Å². The molecular formula is C32H30N2O8S. The fourth-order valence-corrected chi connectivity index (χ4v) is 6.22. The van der Waals surface area contributed by atoms with Crippen molar-refractivity contribution in [2.75, 3.05) is 25.2 Å². The largest absolute Gasteiger partial charge is 0.497 e. The van der Waals surface area contributed by atoms with Gasteiger partial charge >= 0.3 is 0 Å². The number of sulfonamides is 1. The summed E-state index contributed by atoms with van der Waals surface area (Å²) in [5.41, 5.74) is 1.46. The van der Waals surface area contributed by atoms with Crippen LogP contribution in [0.3, 0.4) is 0 Å². The molecule has 0 unspecified atom stereocenters. The Kier molecular flexibility index (Phi) is 8.36. The third-order valence-electron chi connectivity index (χ3n) is 6.85. The number of hydrogen-bond donors (Lipinski definition) is 1.